The zero-order valence-electron chi connectivity index (χ0n) is 13.0. The monoisotopic (exact) mass is 309 g/mol. The van der Waals surface area contributed by atoms with Gasteiger partial charge in [0, 0.05) is 0 Å². The second kappa shape index (κ2) is 6.24. The molecule has 0 aromatic heterocycles. The molecule has 4 nitrogen and oxygen atoms in total. The van der Waals surface area contributed by atoms with E-state index in [1.165, 1.54) is 0 Å². The minimum atomic E-state index is -0.986. The number of carbonyl (C=O) groups is 2. The quantitative estimate of drug-likeness (QED) is 0.891. The zero-order valence-corrected chi connectivity index (χ0v) is 13.0. The highest BCUT2D eigenvalue weighted by molar-refractivity contribution is 5.97. The summed E-state index contributed by atoms with van der Waals surface area (Å²) in [5, 5.41) is 12.0. The molecule has 2 aromatic rings. The molecule has 3 rings (SSSR count). The average Bonchev–Trinajstić information content (AvgIpc) is 2.89. The lowest BCUT2D eigenvalue weighted by molar-refractivity contribution is -0.142. The maximum absolute atomic E-state index is 12.8. The summed E-state index contributed by atoms with van der Waals surface area (Å²) in [5.74, 6) is -1.68. The third-order valence-corrected chi connectivity index (χ3v) is 4.29. The number of nitrogens with one attached hydrogen (secondary N) is 1. The molecule has 0 heterocycles. The number of amides is 1. The SMILES string of the molecule is CCC[C@@H](NC(=O)C1c2ccccc2-c2ccccc21)C(=O)O. The molecule has 0 saturated carbocycles. The first-order valence-electron chi connectivity index (χ1n) is 7.85. The van der Waals surface area contributed by atoms with Crippen LogP contribution in [0.2, 0.25) is 0 Å². The van der Waals surface area contributed by atoms with Gasteiger partial charge in [0.1, 0.15) is 6.04 Å². The van der Waals surface area contributed by atoms with Gasteiger partial charge in [0.15, 0.2) is 0 Å². The molecular weight excluding hydrogens is 290 g/mol. The number of carboxylic acids is 1. The molecular formula is C19H19NO3. The van der Waals surface area contributed by atoms with Crippen LogP contribution in [-0.2, 0) is 9.59 Å². The number of carboxylic acid groups (broad SMARTS) is 1. The molecule has 0 radical (unpaired) electrons. The lowest BCUT2D eigenvalue weighted by Crippen LogP contribution is -2.42. The topological polar surface area (TPSA) is 66.4 Å². The van der Waals surface area contributed by atoms with E-state index in [0.717, 1.165) is 22.3 Å². The maximum atomic E-state index is 12.8. The number of rotatable bonds is 5. The highest BCUT2D eigenvalue weighted by Crippen LogP contribution is 2.44. The second-order valence-corrected chi connectivity index (χ2v) is 5.80. The van der Waals surface area contributed by atoms with Crippen molar-refractivity contribution in [2.45, 2.75) is 31.7 Å². The molecule has 23 heavy (non-hydrogen) atoms. The second-order valence-electron chi connectivity index (χ2n) is 5.80. The van der Waals surface area contributed by atoms with Crippen LogP contribution in [0.5, 0.6) is 0 Å². The first kappa shape index (κ1) is 15.3. The van der Waals surface area contributed by atoms with Crippen LogP contribution in [0.4, 0.5) is 0 Å². The predicted octanol–water partition coefficient (Wildman–Crippen LogP) is 3.17. The van der Waals surface area contributed by atoms with E-state index in [-0.39, 0.29) is 5.91 Å². The van der Waals surface area contributed by atoms with E-state index in [2.05, 4.69) is 5.32 Å². The molecule has 2 aromatic carbocycles. The largest absolute Gasteiger partial charge is 0.480 e. The van der Waals surface area contributed by atoms with Crippen LogP contribution in [0.3, 0.4) is 0 Å². The average molecular weight is 309 g/mol. The molecule has 0 aliphatic heterocycles. The van der Waals surface area contributed by atoms with Crippen molar-refractivity contribution in [1.82, 2.24) is 5.32 Å². The van der Waals surface area contributed by atoms with Crippen LogP contribution in [0, 0.1) is 0 Å². The van der Waals surface area contributed by atoms with Gasteiger partial charge in [0.05, 0.1) is 5.92 Å². The summed E-state index contributed by atoms with van der Waals surface area (Å²) in [4.78, 5) is 24.1. The lowest BCUT2D eigenvalue weighted by Gasteiger charge is -2.18. The molecule has 1 aliphatic rings. The Balaban J connectivity index is 1.96. The van der Waals surface area contributed by atoms with Crippen molar-refractivity contribution in [3.63, 3.8) is 0 Å². The van der Waals surface area contributed by atoms with Crippen LogP contribution in [0.1, 0.15) is 36.8 Å². The first-order chi connectivity index (χ1) is 11.1. The fourth-order valence-corrected chi connectivity index (χ4v) is 3.24. The molecule has 0 fully saturated rings. The number of hydrogen-bond donors (Lipinski definition) is 2. The molecule has 118 valence electrons. The Morgan fingerprint density at radius 2 is 1.57 bits per heavy atom. The van der Waals surface area contributed by atoms with E-state index in [0.29, 0.717) is 12.8 Å². The van der Waals surface area contributed by atoms with E-state index in [9.17, 15) is 14.7 Å². The maximum Gasteiger partial charge on any atom is 0.326 e. The van der Waals surface area contributed by atoms with E-state index in [4.69, 9.17) is 0 Å². The minimum absolute atomic E-state index is 0.247. The number of hydrogen-bond acceptors (Lipinski definition) is 2. The van der Waals surface area contributed by atoms with E-state index in [1.807, 2.05) is 55.5 Å². The lowest BCUT2D eigenvalue weighted by atomic mass is 9.95. The van der Waals surface area contributed by atoms with Crippen molar-refractivity contribution >= 4 is 11.9 Å². The van der Waals surface area contributed by atoms with E-state index in [1.54, 1.807) is 0 Å². The Bertz CT molecular complexity index is 708. The Labute approximate surface area is 135 Å². The van der Waals surface area contributed by atoms with Crippen molar-refractivity contribution < 1.29 is 14.7 Å². The van der Waals surface area contributed by atoms with Gasteiger partial charge in [-0.2, -0.15) is 0 Å². The van der Waals surface area contributed by atoms with Gasteiger partial charge in [-0.3, -0.25) is 4.79 Å². The molecule has 1 amide bonds. The molecule has 2 N–H and O–H groups in total. The van der Waals surface area contributed by atoms with Crippen LogP contribution < -0.4 is 5.32 Å². The summed E-state index contributed by atoms with van der Waals surface area (Å²) in [6.07, 6.45) is 1.13. The zero-order chi connectivity index (χ0) is 16.4. The van der Waals surface area contributed by atoms with Gasteiger partial charge in [-0.25, -0.2) is 4.79 Å². The number of fused-ring (bicyclic) bond motifs is 3. The number of aliphatic carboxylic acids is 1. The normalized spacial score (nSPS) is 14.0. The Hall–Kier alpha value is -2.62. The van der Waals surface area contributed by atoms with Crippen LogP contribution in [0.15, 0.2) is 48.5 Å². The minimum Gasteiger partial charge on any atom is -0.480 e. The highest BCUT2D eigenvalue weighted by Gasteiger charge is 2.34. The molecule has 0 unspecified atom stereocenters. The molecule has 1 aliphatic carbocycles. The van der Waals surface area contributed by atoms with Gasteiger partial charge in [-0.1, -0.05) is 61.9 Å². The van der Waals surface area contributed by atoms with Crippen LogP contribution in [-0.4, -0.2) is 23.0 Å². The fraction of sp³-hybridized carbons (Fsp3) is 0.263. The Kier molecular flexibility index (Phi) is 4.15. The van der Waals surface area contributed by atoms with E-state index < -0.39 is 17.9 Å². The predicted molar refractivity (Wildman–Crippen MR) is 88.2 cm³/mol. The van der Waals surface area contributed by atoms with Gasteiger partial charge in [0.25, 0.3) is 0 Å². The number of carbonyl (C=O) groups excluding carboxylic acids is 1. The van der Waals surface area contributed by atoms with Crippen molar-refractivity contribution in [2.24, 2.45) is 0 Å². The summed E-state index contributed by atoms with van der Waals surface area (Å²) in [6.45, 7) is 1.91. The number of benzene rings is 2. The van der Waals surface area contributed by atoms with Gasteiger partial charge in [-0.15, -0.1) is 0 Å². The molecule has 4 heteroatoms. The first-order valence-corrected chi connectivity index (χ1v) is 7.85. The van der Waals surface area contributed by atoms with Gasteiger partial charge >= 0.3 is 5.97 Å². The van der Waals surface area contributed by atoms with Gasteiger partial charge in [0.2, 0.25) is 5.91 Å². The Morgan fingerprint density at radius 3 is 2.04 bits per heavy atom. The highest BCUT2D eigenvalue weighted by atomic mass is 16.4. The third-order valence-electron chi connectivity index (χ3n) is 4.29. The van der Waals surface area contributed by atoms with Crippen LogP contribution in [0.25, 0.3) is 11.1 Å². The third kappa shape index (κ3) is 2.72. The van der Waals surface area contributed by atoms with Crippen molar-refractivity contribution in [1.29, 1.82) is 0 Å². The Morgan fingerprint density at radius 1 is 1.04 bits per heavy atom. The van der Waals surface area contributed by atoms with Crippen molar-refractivity contribution in [2.75, 3.05) is 0 Å². The standard InChI is InChI=1S/C19H19NO3/c1-2-7-16(19(22)23)20-18(21)17-14-10-5-3-8-12(14)13-9-4-6-11-15(13)17/h3-6,8-11,16-17H,2,7H2,1H3,(H,20,21)(H,22,23)/t16-/m1/s1. The van der Waals surface area contributed by atoms with Crippen molar-refractivity contribution in [3.05, 3.63) is 59.7 Å². The summed E-state index contributed by atoms with van der Waals surface area (Å²) in [7, 11) is 0. The summed E-state index contributed by atoms with van der Waals surface area (Å²) < 4.78 is 0. The van der Waals surface area contributed by atoms with E-state index >= 15 is 0 Å². The molecule has 0 bridgehead atoms. The molecule has 0 spiro atoms. The summed E-state index contributed by atoms with van der Waals surface area (Å²) >= 11 is 0. The van der Waals surface area contributed by atoms with Gasteiger partial charge < -0.3 is 10.4 Å². The smallest absolute Gasteiger partial charge is 0.326 e. The van der Waals surface area contributed by atoms with Gasteiger partial charge in [-0.05, 0) is 28.7 Å². The van der Waals surface area contributed by atoms with Crippen molar-refractivity contribution in [3.8, 4) is 11.1 Å². The fourth-order valence-electron chi connectivity index (χ4n) is 3.24. The summed E-state index contributed by atoms with van der Waals surface area (Å²) in [6, 6.07) is 14.8. The summed E-state index contributed by atoms with van der Waals surface area (Å²) in [5.41, 5.74) is 3.97. The van der Waals surface area contributed by atoms with Crippen LogP contribution >= 0.6 is 0 Å². The molecule has 1 atom stereocenters. The molecule has 0 saturated heterocycles.